The maximum atomic E-state index is 14.0. The maximum absolute atomic E-state index is 14.0. The fourth-order valence-corrected chi connectivity index (χ4v) is 4.16. The highest BCUT2D eigenvalue weighted by molar-refractivity contribution is 6.51. The molecule has 1 atom stereocenters. The lowest BCUT2D eigenvalue weighted by Crippen LogP contribution is -2.29. The van der Waals surface area contributed by atoms with Crippen molar-refractivity contribution in [2.45, 2.75) is 39.2 Å². The van der Waals surface area contributed by atoms with E-state index in [0.717, 1.165) is 11.1 Å². The number of rotatable bonds is 3. The molecule has 0 saturated carbocycles. The number of carbonyl (C=O) groups excluding carboxylic acids is 2. The predicted octanol–water partition coefficient (Wildman–Crippen LogP) is 6.06. The third-order valence-corrected chi connectivity index (χ3v) is 6.00. The van der Waals surface area contributed by atoms with Crippen LogP contribution in [0, 0.1) is 12.7 Å². The lowest BCUT2D eigenvalue weighted by Gasteiger charge is -2.26. The third kappa shape index (κ3) is 4.07. The summed E-state index contributed by atoms with van der Waals surface area (Å²) in [4.78, 5) is 27.7. The van der Waals surface area contributed by atoms with Crippen molar-refractivity contribution < 1.29 is 19.1 Å². The average Bonchev–Trinajstić information content (AvgIpc) is 3.04. The van der Waals surface area contributed by atoms with Crippen LogP contribution in [0.15, 0.2) is 78.4 Å². The maximum Gasteiger partial charge on any atom is 0.300 e. The van der Waals surface area contributed by atoms with Crippen LogP contribution in [-0.2, 0) is 15.0 Å². The van der Waals surface area contributed by atoms with Crippen molar-refractivity contribution in [2.24, 2.45) is 0 Å². The monoisotopic (exact) mass is 443 g/mol. The smallest absolute Gasteiger partial charge is 0.300 e. The number of aryl methyl sites for hydroxylation is 1. The van der Waals surface area contributed by atoms with Crippen LogP contribution in [0.3, 0.4) is 0 Å². The van der Waals surface area contributed by atoms with E-state index in [0.29, 0.717) is 11.1 Å². The van der Waals surface area contributed by atoms with Gasteiger partial charge in [0.15, 0.2) is 0 Å². The number of nitrogens with zero attached hydrogens (tertiary/aromatic N) is 1. The van der Waals surface area contributed by atoms with Gasteiger partial charge in [0.25, 0.3) is 11.7 Å². The number of hydrogen-bond donors (Lipinski definition) is 1. The summed E-state index contributed by atoms with van der Waals surface area (Å²) in [7, 11) is 0. The van der Waals surface area contributed by atoms with Gasteiger partial charge < -0.3 is 5.11 Å². The Morgan fingerprint density at radius 1 is 0.939 bits per heavy atom. The summed E-state index contributed by atoms with van der Waals surface area (Å²) >= 11 is 0. The van der Waals surface area contributed by atoms with Crippen molar-refractivity contribution in [1.82, 2.24) is 0 Å². The number of aliphatic hydroxyl groups is 1. The van der Waals surface area contributed by atoms with Crippen molar-refractivity contribution in [3.05, 3.63) is 106 Å². The van der Waals surface area contributed by atoms with Crippen LogP contribution in [0.5, 0.6) is 0 Å². The second-order valence-corrected chi connectivity index (χ2v) is 9.34. The van der Waals surface area contributed by atoms with Gasteiger partial charge in [0.05, 0.1) is 11.6 Å². The van der Waals surface area contributed by atoms with Gasteiger partial charge in [-0.3, -0.25) is 14.5 Å². The number of carbonyl (C=O) groups is 2. The van der Waals surface area contributed by atoms with E-state index in [-0.39, 0.29) is 22.4 Å². The van der Waals surface area contributed by atoms with Crippen molar-refractivity contribution in [2.75, 3.05) is 4.90 Å². The van der Waals surface area contributed by atoms with Crippen LogP contribution in [0.1, 0.15) is 49.1 Å². The zero-order valence-corrected chi connectivity index (χ0v) is 19.1. The fraction of sp³-hybridized carbons (Fsp3) is 0.214. The first-order valence-corrected chi connectivity index (χ1v) is 10.8. The molecule has 0 bridgehead atoms. The van der Waals surface area contributed by atoms with E-state index in [2.05, 4.69) is 20.8 Å². The van der Waals surface area contributed by atoms with Crippen molar-refractivity contribution in [3.8, 4) is 0 Å². The van der Waals surface area contributed by atoms with E-state index < -0.39 is 23.5 Å². The molecule has 1 heterocycles. The van der Waals surface area contributed by atoms with Crippen LogP contribution >= 0.6 is 0 Å². The molecule has 1 N–H and O–H groups in total. The summed E-state index contributed by atoms with van der Waals surface area (Å²) in [5.41, 5.74) is 2.99. The summed E-state index contributed by atoms with van der Waals surface area (Å²) in [5, 5.41) is 11.4. The van der Waals surface area contributed by atoms with Gasteiger partial charge in [-0.2, -0.15) is 0 Å². The van der Waals surface area contributed by atoms with Crippen LogP contribution in [0.4, 0.5) is 10.1 Å². The Hall–Kier alpha value is -3.73. The Morgan fingerprint density at radius 3 is 2.27 bits per heavy atom. The van der Waals surface area contributed by atoms with Crippen LogP contribution in [0.25, 0.3) is 5.76 Å². The standard InChI is InChI=1S/C28H26FNO3/c1-17-13-14-19(28(2,3)4)15-22(17)25(31)23-24(18-9-6-5-7-10-18)30(27(33)26(23)32)21-12-8-11-20(29)16-21/h5-16,24,31H,1-4H3/b25-23+. The molecule has 0 aliphatic carbocycles. The number of ketones is 1. The Balaban J connectivity index is 1.98. The molecule has 168 valence electrons. The molecule has 1 aliphatic heterocycles. The van der Waals surface area contributed by atoms with E-state index in [4.69, 9.17) is 0 Å². The van der Waals surface area contributed by atoms with Gasteiger partial charge in [0.1, 0.15) is 11.6 Å². The van der Waals surface area contributed by atoms with Gasteiger partial charge in [-0.15, -0.1) is 0 Å². The minimum atomic E-state index is -0.884. The molecule has 1 saturated heterocycles. The van der Waals surface area contributed by atoms with Crippen molar-refractivity contribution in [3.63, 3.8) is 0 Å². The average molecular weight is 444 g/mol. The molecule has 1 unspecified atom stereocenters. The molecule has 4 rings (SSSR count). The second kappa shape index (κ2) is 8.32. The number of benzene rings is 3. The van der Waals surface area contributed by atoms with Gasteiger partial charge in [-0.1, -0.05) is 69.3 Å². The van der Waals surface area contributed by atoms with E-state index in [9.17, 15) is 19.1 Å². The summed E-state index contributed by atoms with van der Waals surface area (Å²) in [6.45, 7) is 8.04. The Kier molecular flexibility index (Phi) is 5.66. The third-order valence-electron chi connectivity index (χ3n) is 6.00. The Bertz CT molecular complexity index is 1270. The molecule has 1 fully saturated rings. The SMILES string of the molecule is Cc1ccc(C(C)(C)C)cc1/C(O)=C1\C(=O)C(=O)N(c2cccc(F)c2)C1c1ccccc1. The highest BCUT2D eigenvalue weighted by Gasteiger charge is 2.47. The molecule has 0 aromatic heterocycles. The number of aliphatic hydroxyl groups excluding tert-OH is 1. The normalized spacial score (nSPS) is 18.1. The molecule has 1 aliphatic rings. The zero-order valence-electron chi connectivity index (χ0n) is 19.1. The summed E-state index contributed by atoms with van der Waals surface area (Å²) < 4.78 is 14.0. The first kappa shape index (κ1) is 22.5. The summed E-state index contributed by atoms with van der Waals surface area (Å²) in [6.07, 6.45) is 0. The lowest BCUT2D eigenvalue weighted by molar-refractivity contribution is -0.132. The molecular weight excluding hydrogens is 417 g/mol. The van der Waals surface area contributed by atoms with Crippen molar-refractivity contribution >= 4 is 23.1 Å². The van der Waals surface area contributed by atoms with E-state index in [1.807, 2.05) is 31.2 Å². The topological polar surface area (TPSA) is 57.6 Å². The Labute approximate surface area is 193 Å². The molecule has 4 nitrogen and oxygen atoms in total. The zero-order chi connectivity index (χ0) is 23.9. The largest absolute Gasteiger partial charge is 0.507 e. The van der Waals surface area contributed by atoms with Gasteiger partial charge in [-0.05, 0) is 53.3 Å². The van der Waals surface area contributed by atoms with Crippen LogP contribution in [-0.4, -0.2) is 16.8 Å². The number of Topliss-reactive ketones (excluding diaryl/α,β-unsaturated/α-hetero) is 1. The first-order valence-electron chi connectivity index (χ1n) is 10.8. The van der Waals surface area contributed by atoms with E-state index in [1.165, 1.54) is 23.1 Å². The summed E-state index contributed by atoms with van der Waals surface area (Å²) in [6, 6.07) is 19.4. The summed E-state index contributed by atoms with van der Waals surface area (Å²) in [5.74, 6) is -2.36. The molecule has 33 heavy (non-hydrogen) atoms. The molecule has 3 aromatic rings. The fourth-order valence-electron chi connectivity index (χ4n) is 4.16. The lowest BCUT2D eigenvalue weighted by atomic mass is 9.84. The van der Waals surface area contributed by atoms with E-state index >= 15 is 0 Å². The first-order chi connectivity index (χ1) is 15.6. The van der Waals surface area contributed by atoms with Crippen molar-refractivity contribution in [1.29, 1.82) is 0 Å². The van der Waals surface area contributed by atoms with Gasteiger partial charge >= 0.3 is 0 Å². The number of anilines is 1. The molecule has 3 aromatic carbocycles. The second-order valence-electron chi connectivity index (χ2n) is 9.34. The molecule has 0 spiro atoms. The highest BCUT2D eigenvalue weighted by atomic mass is 19.1. The van der Waals surface area contributed by atoms with Gasteiger partial charge in [0.2, 0.25) is 0 Å². The minimum absolute atomic E-state index is 0.00961. The van der Waals surface area contributed by atoms with Gasteiger partial charge in [-0.25, -0.2) is 4.39 Å². The van der Waals surface area contributed by atoms with Crippen LogP contribution in [0.2, 0.25) is 0 Å². The molecule has 5 heteroatoms. The molecule has 0 radical (unpaired) electrons. The number of amides is 1. The highest BCUT2D eigenvalue weighted by Crippen LogP contribution is 2.43. The van der Waals surface area contributed by atoms with Gasteiger partial charge in [0, 0.05) is 11.3 Å². The predicted molar refractivity (Wildman–Crippen MR) is 128 cm³/mol. The molecule has 1 amide bonds. The molecular formula is C28H26FNO3. The van der Waals surface area contributed by atoms with Crippen LogP contribution < -0.4 is 4.90 Å². The Morgan fingerprint density at radius 2 is 1.64 bits per heavy atom. The quantitative estimate of drug-likeness (QED) is 0.304. The number of halogens is 1. The number of hydrogen-bond acceptors (Lipinski definition) is 3. The van der Waals surface area contributed by atoms with E-state index in [1.54, 1.807) is 30.3 Å². The minimum Gasteiger partial charge on any atom is -0.507 e.